The van der Waals surface area contributed by atoms with E-state index in [-0.39, 0.29) is 24.6 Å². The Hall–Kier alpha value is -2.48. The van der Waals surface area contributed by atoms with Crippen LogP contribution in [0.3, 0.4) is 0 Å². The van der Waals surface area contributed by atoms with E-state index >= 15 is 0 Å². The SMILES string of the molecule is Cc1noc(CO[C@H]2CCCN(C(=O)NCc3ccc(F)cc3)C2)n1. The van der Waals surface area contributed by atoms with Crippen LogP contribution < -0.4 is 5.32 Å². The van der Waals surface area contributed by atoms with Gasteiger partial charge in [0.15, 0.2) is 5.82 Å². The van der Waals surface area contributed by atoms with Gasteiger partial charge in [-0.3, -0.25) is 0 Å². The lowest BCUT2D eigenvalue weighted by Gasteiger charge is -2.32. The summed E-state index contributed by atoms with van der Waals surface area (Å²) in [7, 11) is 0. The van der Waals surface area contributed by atoms with Crippen molar-refractivity contribution in [1.29, 1.82) is 0 Å². The van der Waals surface area contributed by atoms with Gasteiger partial charge in [0.2, 0.25) is 0 Å². The van der Waals surface area contributed by atoms with Crippen molar-refractivity contribution in [2.45, 2.75) is 39.0 Å². The van der Waals surface area contributed by atoms with E-state index in [1.807, 2.05) is 0 Å². The molecule has 0 bridgehead atoms. The number of amides is 2. The average molecular weight is 348 g/mol. The summed E-state index contributed by atoms with van der Waals surface area (Å²) in [6.45, 7) is 3.57. The van der Waals surface area contributed by atoms with Crippen molar-refractivity contribution >= 4 is 6.03 Å². The maximum absolute atomic E-state index is 12.9. The molecule has 0 radical (unpaired) electrons. The number of likely N-dealkylation sites (tertiary alicyclic amines) is 1. The second kappa shape index (κ2) is 8.06. The van der Waals surface area contributed by atoms with E-state index in [1.165, 1.54) is 12.1 Å². The first-order valence-corrected chi connectivity index (χ1v) is 8.28. The van der Waals surface area contributed by atoms with Gasteiger partial charge in [0.1, 0.15) is 12.4 Å². The van der Waals surface area contributed by atoms with Crippen LogP contribution in [-0.2, 0) is 17.9 Å². The van der Waals surface area contributed by atoms with Crippen molar-refractivity contribution in [3.8, 4) is 0 Å². The second-order valence-electron chi connectivity index (χ2n) is 6.04. The third-order valence-electron chi connectivity index (χ3n) is 4.03. The monoisotopic (exact) mass is 348 g/mol. The number of aryl methyl sites for hydroxylation is 1. The van der Waals surface area contributed by atoms with Crippen LogP contribution in [0.25, 0.3) is 0 Å². The molecule has 2 heterocycles. The number of ether oxygens (including phenoxy) is 1. The maximum Gasteiger partial charge on any atom is 0.317 e. The van der Waals surface area contributed by atoms with Crippen LogP contribution in [0, 0.1) is 12.7 Å². The number of nitrogens with one attached hydrogen (secondary N) is 1. The molecule has 134 valence electrons. The molecular weight excluding hydrogens is 327 g/mol. The standard InChI is InChI=1S/C17H21FN4O3/c1-12-20-16(25-21-12)11-24-15-3-2-8-22(10-15)17(23)19-9-13-4-6-14(18)7-5-13/h4-7,15H,2-3,8-11H2,1H3,(H,19,23)/t15-/m0/s1. The summed E-state index contributed by atoms with van der Waals surface area (Å²) in [4.78, 5) is 18.1. The van der Waals surface area contributed by atoms with Gasteiger partial charge in [-0.05, 0) is 37.5 Å². The molecule has 1 N–H and O–H groups in total. The molecule has 0 aliphatic carbocycles. The summed E-state index contributed by atoms with van der Waals surface area (Å²) >= 11 is 0. The van der Waals surface area contributed by atoms with E-state index in [9.17, 15) is 9.18 Å². The molecule has 1 saturated heterocycles. The molecule has 0 unspecified atom stereocenters. The number of carbonyl (C=O) groups is 1. The molecule has 1 fully saturated rings. The van der Waals surface area contributed by atoms with Gasteiger partial charge in [0.25, 0.3) is 5.89 Å². The Balaban J connectivity index is 1.45. The Morgan fingerprint density at radius 2 is 2.24 bits per heavy atom. The lowest BCUT2D eigenvalue weighted by atomic mass is 10.1. The Morgan fingerprint density at radius 3 is 2.96 bits per heavy atom. The van der Waals surface area contributed by atoms with Crippen molar-refractivity contribution in [3.05, 3.63) is 47.4 Å². The molecule has 1 aliphatic rings. The van der Waals surface area contributed by atoms with Crippen LogP contribution in [0.1, 0.15) is 30.1 Å². The van der Waals surface area contributed by atoms with E-state index in [1.54, 1.807) is 24.0 Å². The average Bonchev–Trinajstić information content (AvgIpc) is 3.05. The van der Waals surface area contributed by atoms with Crippen molar-refractivity contribution in [1.82, 2.24) is 20.4 Å². The first-order chi connectivity index (χ1) is 12.1. The summed E-state index contributed by atoms with van der Waals surface area (Å²) in [5.41, 5.74) is 0.853. The van der Waals surface area contributed by atoms with Gasteiger partial charge in [-0.15, -0.1) is 0 Å². The lowest BCUT2D eigenvalue weighted by Crippen LogP contribution is -2.47. The number of nitrogens with zero attached hydrogens (tertiary/aromatic N) is 3. The zero-order valence-electron chi connectivity index (χ0n) is 14.1. The van der Waals surface area contributed by atoms with E-state index in [0.29, 0.717) is 31.3 Å². The van der Waals surface area contributed by atoms with Crippen LogP contribution in [0.2, 0.25) is 0 Å². The first kappa shape index (κ1) is 17.3. The maximum atomic E-state index is 12.9. The van der Waals surface area contributed by atoms with Gasteiger partial charge in [0, 0.05) is 19.6 Å². The van der Waals surface area contributed by atoms with Gasteiger partial charge < -0.3 is 19.5 Å². The molecule has 1 aromatic carbocycles. The summed E-state index contributed by atoms with van der Waals surface area (Å²) in [6, 6.07) is 5.93. The second-order valence-corrected chi connectivity index (χ2v) is 6.04. The predicted octanol–water partition coefficient (Wildman–Crippen LogP) is 2.41. The van der Waals surface area contributed by atoms with Crippen LogP contribution >= 0.6 is 0 Å². The minimum absolute atomic E-state index is 0.0578. The Kier molecular flexibility index (Phi) is 5.60. The van der Waals surface area contributed by atoms with Crippen LogP contribution in [0.5, 0.6) is 0 Å². The van der Waals surface area contributed by atoms with Gasteiger partial charge in [-0.25, -0.2) is 9.18 Å². The zero-order chi connectivity index (χ0) is 17.6. The topological polar surface area (TPSA) is 80.5 Å². The molecule has 3 rings (SSSR count). The van der Waals surface area contributed by atoms with E-state index in [2.05, 4.69) is 15.5 Å². The minimum atomic E-state index is -0.289. The highest BCUT2D eigenvalue weighted by Gasteiger charge is 2.24. The number of piperidine rings is 1. The third kappa shape index (κ3) is 4.99. The molecule has 2 amide bonds. The number of hydrogen-bond donors (Lipinski definition) is 1. The summed E-state index contributed by atoms with van der Waals surface area (Å²) in [5, 5.41) is 6.57. The minimum Gasteiger partial charge on any atom is -0.367 e. The van der Waals surface area contributed by atoms with Crippen molar-refractivity contribution in [3.63, 3.8) is 0 Å². The number of rotatable bonds is 5. The number of carbonyl (C=O) groups excluding carboxylic acids is 1. The number of aromatic nitrogens is 2. The molecule has 0 spiro atoms. The number of urea groups is 1. The number of hydrogen-bond acceptors (Lipinski definition) is 5. The molecular formula is C17H21FN4O3. The largest absolute Gasteiger partial charge is 0.367 e. The van der Waals surface area contributed by atoms with Gasteiger partial charge in [0.05, 0.1) is 6.10 Å². The fourth-order valence-corrected chi connectivity index (χ4v) is 2.74. The van der Waals surface area contributed by atoms with Crippen molar-refractivity contribution in [2.24, 2.45) is 0 Å². The Labute approximate surface area is 145 Å². The first-order valence-electron chi connectivity index (χ1n) is 8.28. The van der Waals surface area contributed by atoms with E-state index < -0.39 is 0 Å². The molecule has 0 saturated carbocycles. The Morgan fingerprint density at radius 1 is 1.44 bits per heavy atom. The summed E-state index contributed by atoms with van der Waals surface area (Å²) < 4.78 is 23.7. The smallest absolute Gasteiger partial charge is 0.317 e. The highest BCUT2D eigenvalue weighted by molar-refractivity contribution is 5.74. The highest BCUT2D eigenvalue weighted by atomic mass is 19.1. The van der Waals surface area contributed by atoms with Crippen LogP contribution in [0.4, 0.5) is 9.18 Å². The van der Waals surface area contributed by atoms with Crippen LogP contribution in [0.15, 0.2) is 28.8 Å². The van der Waals surface area contributed by atoms with Gasteiger partial charge in [-0.2, -0.15) is 4.98 Å². The van der Waals surface area contributed by atoms with E-state index in [4.69, 9.17) is 9.26 Å². The predicted molar refractivity (Wildman–Crippen MR) is 87.1 cm³/mol. The van der Waals surface area contributed by atoms with Crippen molar-refractivity contribution < 1.29 is 18.4 Å². The number of halogens is 1. The summed E-state index contributed by atoms with van der Waals surface area (Å²) in [6.07, 6.45) is 1.70. The molecule has 1 atom stereocenters. The summed E-state index contributed by atoms with van der Waals surface area (Å²) in [5.74, 6) is 0.724. The quantitative estimate of drug-likeness (QED) is 0.897. The molecule has 8 heteroatoms. The highest BCUT2D eigenvalue weighted by Crippen LogP contribution is 2.15. The molecule has 1 aliphatic heterocycles. The lowest BCUT2D eigenvalue weighted by molar-refractivity contribution is -0.0103. The fraction of sp³-hybridized carbons (Fsp3) is 0.471. The van der Waals surface area contributed by atoms with Crippen LogP contribution in [-0.4, -0.2) is 40.3 Å². The third-order valence-corrected chi connectivity index (χ3v) is 4.03. The fourth-order valence-electron chi connectivity index (χ4n) is 2.74. The molecule has 2 aromatic rings. The molecule has 25 heavy (non-hydrogen) atoms. The normalized spacial score (nSPS) is 17.5. The van der Waals surface area contributed by atoms with E-state index in [0.717, 1.165) is 18.4 Å². The van der Waals surface area contributed by atoms with Gasteiger partial charge in [-0.1, -0.05) is 17.3 Å². The molecule has 7 nitrogen and oxygen atoms in total. The Bertz CT molecular complexity index is 704. The molecule has 1 aromatic heterocycles. The van der Waals surface area contributed by atoms with Gasteiger partial charge >= 0.3 is 6.03 Å². The zero-order valence-corrected chi connectivity index (χ0v) is 14.1. The van der Waals surface area contributed by atoms with Crippen molar-refractivity contribution in [2.75, 3.05) is 13.1 Å². The number of benzene rings is 1.